The number of hydrogen-bond donors (Lipinski definition) is 0. The van der Waals surface area contributed by atoms with E-state index >= 15 is 0 Å². The van der Waals surface area contributed by atoms with Crippen molar-refractivity contribution in [3.63, 3.8) is 0 Å². The van der Waals surface area contributed by atoms with E-state index in [2.05, 4.69) is 35.8 Å². The van der Waals surface area contributed by atoms with Crippen LogP contribution in [0.5, 0.6) is 11.5 Å². The molecule has 1 aliphatic carbocycles. The standard InChI is InChI=1S/C15H19BrO3/c1-15(2)8-9-5-4-6-11(13(9)19-15)18-12-7-10(16)14(12)17-3/h4-6,10,12,14H,7-8H2,1-3H3. The third-order valence-corrected chi connectivity index (χ3v) is 4.68. The van der Waals surface area contributed by atoms with E-state index in [0.717, 1.165) is 24.3 Å². The lowest BCUT2D eigenvalue weighted by Crippen LogP contribution is -2.51. The van der Waals surface area contributed by atoms with Crippen LogP contribution in [0.2, 0.25) is 0 Å². The Balaban J connectivity index is 1.79. The third kappa shape index (κ3) is 2.36. The molecule has 3 atom stereocenters. The Hall–Kier alpha value is -0.740. The Morgan fingerprint density at radius 1 is 1.37 bits per heavy atom. The maximum Gasteiger partial charge on any atom is 0.165 e. The van der Waals surface area contributed by atoms with E-state index in [1.165, 1.54) is 5.56 Å². The van der Waals surface area contributed by atoms with Crippen molar-refractivity contribution in [2.45, 2.75) is 49.3 Å². The van der Waals surface area contributed by atoms with Crippen LogP contribution in [-0.4, -0.2) is 29.7 Å². The van der Waals surface area contributed by atoms with Gasteiger partial charge in [-0.15, -0.1) is 0 Å². The lowest BCUT2D eigenvalue weighted by molar-refractivity contribution is -0.0558. The predicted octanol–water partition coefficient (Wildman–Crippen LogP) is 3.33. The summed E-state index contributed by atoms with van der Waals surface area (Å²) in [6.45, 7) is 4.21. The van der Waals surface area contributed by atoms with Gasteiger partial charge in [-0.05, 0) is 19.9 Å². The van der Waals surface area contributed by atoms with Gasteiger partial charge in [-0.25, -0.2) is 0 Å². The number of methoxy groups -OCH3 is 1. The average molecular weight is 327 g/mol. The molecule has 2 aliphatic rings. The van der Waals surface area contributed by atoms with Gasteiger partial charge in [0.2, 0.25) is 0 Å². The summed E-state index contributed by atoms with van der Waals surface area (Å²) in [7, 11) is 1.73. The lowest BCUT2D eigenvalue weighted by Gasteiger charge is -2.40. The largest absolute Gasteiger partial charge is 0.484 e. The Morgan fingerprint density at radius 2 is 2.16 bits per heavy atom. The minimum Gasteiger partial charge on any atom is -0.484 e. The normalized spacial score (nSPS) is 31.3. The van der Waals surface area contributed by atoms with E-state index in [0.29, 0.717) is 4.83 Å². The first-order chi connectivity index (χ1) is 9.00. The first kappa shape index (κ1) is 13.3. The molecule has 1 aliphatic heterocycles. The van der Waals surface area contributed by atoms with Crippen LogP contribution in [0.15, 0.2) is 18.2 Å². The van der Waals surface area contributed by atoms with Gasteiger partial charge in [-0.2, -0.15) is 0 Å². The highest BCUT2D eigenvalue weighted by atomic mass is 79.9. The summed E-state index contributed by atoms with van der Waals surface area (Å²) in [5, 5.41) is 0. The quantitative estimate of drug-likeness (QED) is 0.797. The van der Waals surface area contributed by atoms with E-state index in [-0.39, 0.29) is 17.8 Å². The maximum absolute atomic E-state index is 6.08. The number of benzene rings is 1. The summed E-state index contributed by atoms with van der Waals surface area (Å²) in [6.07, 6.45) is 2.11. The van der Waals surface area contributed by atoms with Gasteiger partial charge >= 0.3 is 0 Å². The summed E-state index contributed by atoms with van der Waals surface area (Å²) in [4.78, 5) is 0.386. The van der Waals surface area contributed by atoms with Crippen molar-refractivity contribution in [3.05, 3.63) is 23.8 Å². The Bertz CT molecular complexity index is 486. The molecule has 1 fully saturated rings. The SMILES string of the molecule is COC1C(Br)CC1Oc1cccc2c1OC(C)(C)C2. The molecule has 3 rings (SSSR count). The van der Waals surface area contributed by atoms with Gasteiger partial charge in [-0.1, -0.05) is 28.1 Å². The lowest BCUT2D eigenvalue weighted by atomic mass is 9.91. The molecule has 0 spiro atoms. The zero-order chi connectivity index (χ0) is 13.6. The first-order valence-electron chi connectivity index (χ1n) is 6.64. The van der Waals surface area contributed by atoms with E-state index in [1.807, 2.05) is 12.1 Å². The summed E-state index contributed by atoms with van der Waals surface area (Å²) < 4.78 is 17.5. The van der Waals surface area contributed by atoms with Crippen LogP contribution in [0.25, 0.3) is 0 Å². The van der Waals surface area contributed by atoms with Crippen molar-refractivity contribution in [1.82, 2.24) is 0 Å². The molecular weight excluding hydrogens is 308 g/mol. The fourth-order valence-corrected chi connectivity index (χ4v) is 3.71. The minimum absolute atomic E-state index is 0.105. The van der Waals surface area contributed by atoms with Gasteiger partial charge in [-0.3, -0.25) is 0 Å². The molecular formula is C15H19BrO3. The van der Waals surface area contributed by atoms with Crippen LogP contribution in [0.4, 0.5) is 0 Å². The van der Waals surface area contributed by atoms with Gasteiger partial charge in [0.15, 0.2) is 11.5 Å². The molecule has 0 amide bonds. The van der Waals surface area contributed by atoms with Crippen LogP contribution in [0, 0.1) is 0 Å². The molecule has 0 N–H and O–H groups in total. The molecule has 19 heavy (non-hydrogen) atoms. The van der Waals surface area contributed by atoms with Crippen molar-refractivity contribution in [2.75, 3.05) is 7.11 Å². The molecule has 0 bridgehead atoms. The molecule has 1 aromatic rings. The Kier molecular flexibility index (Phi) is 3.26. The van der Waals surface area contributed by atoms with Crippen LogP contribution >= 0.6 is 15.9 Å². The highest BCUT2D eigenvalue weighted by Gasteiger charge is 2.42. The number of halogens is 1. The van der Waals surface area contributed by atoms with Crippen LogP contribution in [0.3, 0.4) is 0 Å². The summed E-state index contributed by atoms with van der Waals surface area (Å²) in [6, 6.07) is 6.12. The summed E-state index contributed by atoms with van der Waals surface area (Å²) >= 11 is 3.58. The number of hydrogen-bond acceptors (Lipinski definition) is 3. The fourth-order valence-electron chi connectivity index (χ4n) is 2.79. The zero-order valence-electron chi connectivity index (χ0n) is 11.5. The molecule has 1 saturated carbocycles. The molecule has 3 nitrogen and oxygen atoms in total. The molecule has 4 heteroatoms. The molecule has 1 aromatic carbocycles. The van der Waals surface area contributed by atoms with Crippen LogP contribution in [0.1, 0.15) is 25.8 Å². The van der Waals surface area contributed by atoms with Gasteiger partial charge in [0, 0.05) is 30.3 Å². The van der Waals surface area contributed by atoms with E-state index in [9.17, 15) is 0 Å². The molecule has 1 heterocycles. The second-order valence-corrected chi connectivity index (χ2v) is 7.07. The zero-order valence-corrected chi connectivity index (χ0v) is 13.1. The minimum atomic E-state index is -0.139. The number of alkyl halides is 1. The molecule has 0 aromatic heterocycles. The van der Waals surface area contributed by atoms with Gasteiger partial charge < -0.3 is 14.2 Å². The summed E-state index contributed by atoms with van der Waals surface area (Å²) in [5.74, 6) is 1.75. The number of fused-ring (bicyclic) bond motifs is 1. The monoisotopic (exact) mass is 326 g/mol. The predicted molar refractivity (Wildman–Crippen MR) is 77.4 cm³/mol. The van der Waals surface area contributed by atoms with Gasteiger partial charge in [0.25, 0.3) is 0 Å². The van der Waals surface area contributed by atoms with Crippen molar-refractivity contribution in [3.8, 4) is 11.5 Å². The maximum atomic E-state index is 6.08. The van der Waals surface area contributed by atoms with Crippen LogP contribution in [-0.2, 0) is 11.2 Å². The molecule has 104 valence electrons. The Labute approximate surface area is 122 Å². The van der Waals surface area contributed by atoms with Crippen molar-refractivity contribution in [1.29, 1.82) is 0 Å². The van der Waals surface area contributed by atoms with Crippen molar-refractivity contribution in [2.24, 2.45) is 0 Å². The van der Waals surface area contributed by atoms with Gasteiger partial charge in [0.05, 0.1) is 0 Å². The fraction of sp³-hybridized carbons (Fsp3) is 0.600. The van der Waals surface area contributed by atoms with E-state index < -0.39 is 0 Å². The van der Waals surface area contributed by atoms with E-state index in [1.54, 1.807) is 7.11 Å². The van der Waals surface area contributed by atoms with E-state index in [4.69, 9.17) is 14.2 Å². The first-order valence-corrected chi connectivity index (χ1v) is 7.56. The molecule has 0 radical (unpaired) electrons. The highest BCUT2D eigenvalue weighted by molar-refractivity contribution is 9.09. The van der Waals surface area contributed by atoms with Crippen molar-refractivity contribution < 1.29 is 14.2 Å². The number of rotatable bonds is 3. The Morgan fingerprint density at radius 3 is 2.84 bits per heavy atom. The molecule has 0 saturated heterocycles. The second kappa shape index (κ2) is 4.67. The molecule has 3 unspecified atom stereocenters. The second-order valence-electron chi connectivity index (χ2n) is 5.89. The third-order valence-electron chi connectivity index (χ3n) is 3.79. The number of ether oxygens (including phenoxy) is 3. The van der Waals surface area contributed by atoms with Crippen molar-refractivity contribution >= 4 is 15.9 Å². The smallest absolute Gasteiger partial charge is 0.165 e. The summed E-state index contributed by atoms with van der Waals surface area (Å²) in [5.41, 5.74) is 1.09. The van der Waals surface area contributed by atoms with Crippen LogP contribution < -0.4 is 9.47 Å². The van der Waals surface area contributed by atoms with Gasteiger partial charge in [0.1, 0.15) is 17.8 Å². The highest BCUT2D eigenvalue weighted by Crippen LogP contribution is 2.44. The topological polar surface area (TPSA) is 27.7 Å². The number of para-hydroxylation sites is 1. The average Bonchev–Trinajstić information content (AvgIpc) is 2.63.